The van der Waals surface area contributed by atoms with E-state index >= 15 is 0 Å². The molecule has 2 nitrogen and oxygen atoms in total. The highest BCUT2D eigenvalue weighted by Crippen LogP contribution is 2.37. The molecule has 0 aliphatic carbocycles. The summed E-state index contributed by atoms with van der Waals surface area (Å²) >= 11 is 0. The average Bonchev–Trinajstić information content (AvgIpc) is 2.50. The van der Waals surface area contributed by atoms with Crippen LogP contribution in [0.5, 0.6) is 5.75 Å². The van der Waals surface area contributed by atoms with Gasteiger partial charge < -0.3 is 9.16 Å². The van der Waals surface area contributed by atoms with E-state index in [2.05, 4.69) is 76.3 Å². The van der Waals surface area contributed by atoms with E-state index in [4.69, 9.17) is 9.16 Å². The first kappa shape index (κ1) is 18.6. The fraction of sp³-hybridized carbons (Fsp3) is 0.429. The maximum atomic E-state index is 6.41. The lowest BCUT2D eigenvalue weighted by Crippen LogP contribution is -2.43. The van der Waals surface area contributed by atoms with Crippen molar-refractivity contribution in [3.8, 4) is 5.75 Å². The molecule has 2 aromatic rings. The Morgan fingerprint density at radius 1 is 1.00 bits per heavy atom. The van der Waals surface area contributed by atoms with Gasteiger partial charge in [-0.15, -0.1) is 0 Å². The van der Waals surface area contributed by atoms with E-state index in [0.29, 0.717) is 0 Å². The van der Waals surface area contributed by atoms with Crippen LogP contribution in [0, 0.1) is 0 Å². The minimum absolute atomic E-state index is 0.210. The van der Waals surface area contributed by atoms with Crippen LogP contribution in [0.2, 0.25) is 18.1 Å². The van der Waals surface area contributed by atoms with Crippen molar-refractivity contribution in [2.45, 2.75) is 51.7 Å². The van der Waals surface area contributed by atoms with Gasteiger partial charge in [-0.05, 0) is 65.5 Å². The van der Waals surface area contributed by atoms with Crippen LogP contribution >= 0.6 is 0 Å². The molecule has 0 amide bonds. The minimum atomic E-state index is -1.79. The maximum absolute atomic E-state index is 6.41. The Bertz CT molecular complexity index is 711. The molecule has 0 fully saturated rings. The summed E-state index contributed by atoms with van der Waals surface area (Å²) in [7, 11) is -0.112. The molecule has 0 saturated carbocycles. The molecule has 3 heteroatoms. The van der Waals surface area contributed by atoms with Crippen LogP contribution in [-0.4, -0.2) is 15.4 Å². The van der Waals surface area contributed by atoms with E-state index in [0.717, 1.165) is 18.6 Å². The highest BCUT2D eigenvalue weighted by atomic mass is 28.4. The van der Waals surface area contributed by atoms with Crippen LogP contribution in [0.15, 0.2) is 48.7 Å². The van der Waals surface area contributed by atoms with Gasteiger partial charge >= 0.3 is 0 Å². The lowest BCUT2D eigenvalue weighted by molar-refractivity contribution is 0.336. The van der Waals surface area contributed by atoms with Crippen molar-refractivity contribution in [1.29, 1.82) is 0 Å². The second kappa shape index (κ2) is 7.43. The van der Waals surface area contributed by atoms with Gasteiger partial charge in [-0.3, -0.25) is 0 Å². The Labute approximate surface area is 147 Å². The summed E-state index contributed by atoms with van der Waals surface area (Å²) in [5.74, 6) is 0.991. The van der Waals surface area contributed by atoms with E-state index in [9.17, 15) is 0 Å². The molecule has 0 aliphatic rings. The summed E-state index contributed by atoms with van der Waals surface area (Å²) in [5, 5.41) is 2.72. The second-order valence-electron chi connectivity index (χ2n) is 7.85. The Morgan fingerprint density at radius 2 is 1.67 bits per heavy atom. The lowest BCUT2D eigenvalue weighted by Gasteiger charge is -2.36. The van der Waals surface area contributed by atoms with Crippen molar-refractivity contribution in [3.63, 3.8) is 0 Å². The van der Waals surface area contributed by atoms with Gasteiger partial charge in [0, 0.05) is 0 Å². The standard InChI is InChI=1S/C21H30O2Si/c1-21(2,3)24(5,6)23-20-13-12-18-15-17(9-7-8-14-22-4)10-11-19(18)16-20/h8,10-16H,7,9H2,1-6H3. The Kier molecular flexibility index (Phi) is 5.76. The number of ether oxygens (including phenoxy) is 1. The van der Waals surface area contributed by atoms with Crippen molar-refractivity contribution in [2.24, 2.45) is 0 Å². The van der Waals surface area contributed by atoms with E-state index in [-0.39, 0.29) is 5.04 Å². The number of methoxy groups -OCH3 is 1. The van der Waals surface area contributed by atoms with Crippen molar-refractivity contribution >= 4 is 19.1 Å². The molecule has 0 N–H and O–H groups in total. The molecule has 130 valence electrons. The van der Waals surface area contributed by atoms with Gasteiger partial charge in [-0.25, -0.2) is 0 Å². The largest absolute Gasteiger partial charge is 0.543 e. The van der Waals surface area contributed by atoms with Gasteiger partial charge in [0.05, 0.1) is 13.4 Å². The number of rotatable bonds is 6. The summed E-state index contributed by atoms with van der Waals surface area (Å²) in [6, 6.07) is 13.1. The van der Waals surface area contributed by atoms with Crippen LogP contribution in [0.1, 0.15) is 32.8 Å². The third-order valence-corrected chi connectivity index (χ3v) is 9.25. The first-order valence-electron chi connectivity index (χ1n) is 8.62. The smallest absolute Gasteiger partial charge is 0.250 e. The monoisotopic (exact) mass is 342 g/mol. The molecule has 2 rings (SSSR count). The number of fused-ring (bicyclic) bond motifs is 1. The molecular formula is C21H30O2Si. The summed E-state index contributed by atoms with van der Waals surface area (Å²) in [6.07, 6.45) is 5.82. The number of aryl methyl sites for hydroxylation is 1. The molecule has 0 bridgehead atoms. The minimum Gasteiger partial charge on any atom is -0.543 e. The number of benzene rings is 2. The third-order valence-electron chi connectivity index (χ3n) is 4.89. The van der Waals surface area contributed by atoms with Gasteiger partial charge in [0.15, 0.2) is 0 Å². The van der Waals surface area contributed by atoms with E-state index in [1.54, 1.807) is 13.4 Å². The van der Waals surface area contributed by atoms with E-state index < -0.39 is 8.32 Å². The maximum Gasteiger partial charge on any atom is 0.250 e. The molecule has 0 saturated heterocycles. The summed E-state index contributed by atoms with van der Waals surface area (Å²) < 4.78 is 11.3. The molecule has 2 aromatic carbocycles. The molecule has 0 heterocycles. The molecule has 24 heavy (non-hydrogen) atoms. The second-order valence-corrected chi connectivity index (χ2v) is 12.6. The van der Waals surface area contributed by atoms with Crippen molar-refractivity contribution in [2.75, 3.05) is 7.11 Å². The molecule has 0 radical (unpaired) electrons. The van der Waals surface area contributed by atoms with Gasteiger partial charge in [0.25, 0.3) is 0 Å². The fourth-order valence-electron chi connectivity index (χ4n) is 2.35. The highest BCUT2D eigenvalue weighted by Gasteiger charge is 2.38. The van der Waals surface area contributed by atoms with E-state index in [1.165, 1.54) is 16.3 Å². The topological polar surface area (TPSA) is 18.5 Å². The predicted molar refractivity (Wildman–Crippen MR) is 106 cm³/mol. The zero-order valence-electron chi connectivity index (χ0n) is 15.8. The average molecular weight is 343 g/mol. The lowest BCUT2D eigenvalue weighted by atomic mass is 10.0. The van der Waals surface area contributed by atoms with Crippen LogP contribution in [0.3, 0.4) is 0 Å². The van der Waals surface area contributed by atoms with Crippen molar-refractivity contribution in [1.82, 2.24) is 0 Å². The quantitative estimate of drug-likeness (QED) is 0.452. The van der Waals surface area contributed by atoms with Crippen molar-refractivity contribution in [3.05, 3.63) is 54.3 Å². The summed E-state index contributed by atoms with van der Waals surface area (Å²) in [5.41, 5.74) is 1.35. The highest BCUT2D eigenvalue weighted by molar-refractivity contribution is 6.74. The number of allylic oxidation sites excluding steroid dienone is 1. The third kappa shape index (κ3) is 4.64. The van der Waals surface area contributed by atoms with Gasteiger partial charge in [-0.2, -0.15) is 0 Å². The SMILES string of the molecule is COC=CCCc1ccc2cc(O[Si](C)(C)C(C)(C)C)ccc2c1. The number of hydrogen-bond donors (Lipinski definition) is 0. The predicted octanol–water partition coefficient (Wildman–Crippen LogP) is 6.32. The zero-order valence-corrected chi connectivity index (χ0v) is 16.8. The Morgan fingerprint density at radius 3 is 2.33 bits per heavy atom. The molecule has 0 aliphatic heterocycles. The van der Waals surface area contributed by atoms with Crippen molar-refractivity contribution < 1.29 is 9.16 Å². The Hall–Kier alpha value is -1.74. The van der Waals surface area contributed by atoms with Crippen LogP contribution < -0.4 is 4.43 Å². The molecular weight excluding hydrogens is 312 g/mol. The normalized spacial score (nSPS) is 12.8. The summed E-state index contributed by atoms with van der Waals surface area (Å²) in [4.78, 5) is 0. The first-order valence-corrected chi connectivity index (χ1v) is 11.5. The van der Waals surface area contributed by atoms with Crippen LogP contribution in [-0.2, 0) is 11.2 Å². The van der Waals surface area contributed by atoms with Crippen LogP contribution in [0.25, 0.3) is 10.8 Å². The van der Waals surface area contributed by atoms with Gasteiger partial charge in [0.1, 0.15) is 5.75 Å². The molecule has 0 atom stereocenters. The number of hydrogen-bond acceptors (Lipinski definition) is 2. The Balaban J connectivity index is 2.16. The fourth-order valence-corrected chi connectivity index (χ4v) is 3.38. The van der Waals surface area contributed by atoms with Gasteiger partial charge in [-0.1, -0.05) is 45.0 Å². The summed E-state index contributed by atoms with van der Waals surface area (Å²) in [6.45, 7) is 11.4. The zero-order chi connectivity index (χ0) is 17.8. The van der Waals surface area contributed by atoms with E-state index in [1.807, 2.05) is 0 Å². The van der Waals surface area contributed by atoms with Crippen LogP contribution in [0.4, 0.5) is 0 Å². The molecule has 0 aromatic heterocycles. The molecule has 0 spiro atoms. The molecule has 0 unspecified atom stereocenters. The first-order chi connectivity index (χ1) is 11.2. The van der Waals surface area contributed by atoms with Gasteiger partial charge in [0.2, 0.25) is 8.32 Å².